The van der Waals surface area contributed by atoms with Crippen molar-refractivity contribution in [2.24, 2.45) is 10.3 Å². The molecule has 1 heterocycles. The minimum atomic E-state index is -3.92. The first-order chi connectivity index (χ1) is 13.2. The Balaban J connectivity index is 2.15. The van der Waals surface area contributed by atoms with E-state index in [2.05, 4.69) is 23.6 Å². The largest absolute Gasteiger partial charge is 0.497 e. The summed E-state index contributed by atoms with van der Waals surface area (Å²) in [5.74, 6) is 1.05. The molecule has 1 aliphatic rings. The average molecular weight is 401 g/mol. The molecule has 0 bridgehead atoms. The molecule has 8 heteroatoms. The van der Waals surface area contributed by atoms with Crippen molar-refractivity contribution < 1.29 is 17.9 Å². The summed E-state index contributed by atoms with van der Waals surface area (Å²) in [7, 11) is -2.34. The number of methoxy groups -OCH3 is 1. The minimum Gasteiger partial charge on any atom is -0.497 e. The lowest BCUT2D eigenvalue weighted by atomic mass is 10.1. The van der Waals surface area contributed by atoms with Gasteiger partial charge in [-0.1, -0.05) is 13.8 Å². The van der Waals surface area contributed by atoms with Gasteiger partial charge in [0.2, 0.25) is 5.91 Å². The third-order valence-electron chi connectivity index (χ3n) is 4.21. The third-order valence-corrected chi connectivity index (χ3v) is 5.50. The molecule has 3 rings (SSSR count). The van der Waals surface area contributed by atoms with E-state index in [1.165, 1.54) is 13.0 Å². The first-order valence-corrected chi connectivity index (χ1v) is 10.3. The molecule has 0 spiro atoms. The van der Waals surface area contributed by atoms with E-state index < -0.39 is 10.0 Å². The van der Waals surface area contributed by atoms with Gasteiger partial charge in [-0.15, -0.1) is 4.40 Å². The Bertz CT molecular complexity index is 1030. The number of carbonyl (C=O) groups is 1. The lowest BCUT2D eigenvalue weighted by molar-refractivity contribution is -0.114. The molecule has 2 aromatic rings. The van der Waals surface area contributed by atoms with Crippen molar-refractivity contribution in [1.29, 1.82) is 0 Å². The van der Waals surface area contributed by atoms with Crippen LogP contribution in [0.3, 0.4) is 0 Å². The average Bonchev–Trinajstić information content (AvgIpc) is 2.63. The number of benzene rings is 2. The predicted molar refractivity (Wildman–Crippen MR) is 110 cm³/mol. The predicted octanol–water partition coefficient (Wildman–Crippen LogP) is 3.27. The monoisotopic (exact) mass is 401 g/mol. The van der Waals surface area contributed by atoms with Gasteiger partial charge in [-0.2, -0.15) is 8.42 Å². The van der Waals surface area contributed by atoms with Crippen molar-refractivity contribution in [3.8, 4) is 5.75 Å². The molecular formula is C20H23N3O4S. The number of fused-ring (bicyclic) bond motifs is 1. The van der Waals surface area contributed by atoms with E-state index in [0.717, 1.165) is 0 Å². The van der Waals surface area contributed by atoms with Gasteiger partial charge in [0.25, 0.3) is 10.0 Å². The second kappa shape index (κ2) is 7.63. The Morgan fingerprint density at radius 3 is 2.43 bits per heavy atom. The van der Waals surface area contributed by atoms with Crippen LogP contribution in [0.15, 0.2) is 51.8 Å². The number of rotatable bonds is 5. The van der Waals surface area contributed by atoms with Crippen LogP contribution in [0.25, 0.3) is 0 Å². The van der Waals surface area contributed by atoms with Gasteiger partial charge in [0.1, 0.15) is 10.6 Å². The minimum absolute atomic E-state index is 0.0802. The number of nitrogens with one attached hydrogen (secondary N) is 1. The third kappa shape index (κ3) is 4.01. The Morgan fingerprint density at radius 1 is 1.18 bits per heavy atom. The number of hydrogen-bond donors (Lipinski definition) is 1. The summed E-state index contributed by atoms with van der Waals surface area (Å²) in [6, 6.07) is 12.0. The van der Waals surface area contributed by atoms with Crippen LogP contribution in [0.1, 0.15) is 26.3 Å². The zero-order valence-electron chi connectivity index (χ0n) is 16.3. The first kappa shape index (κ1) is 19.9. The van der Waals surface area contributed by atoms with Crippen LogP contribution in [0, 0.1) is 5.92 Å². The fourth-order valence-corrected chi connectivity index (χ4v) is 4.30. The van der Waals surface area contributed by atoms with Crippen LogP contribution in [0.4, 0.5) is 11.4 Å². The van der Waals surface area contributed by atoms with Gasteiger partial charge in [-0.05, 0) is 48.4 Å². The quantitative estimate of drug-likeness (QED) is 0.831. The number of nitrogens with zero attached hydrogens (tertiary/aromatic N) is 2. The summed E-state index contributed by atoms with van der Waals surface area (Å²) in [4.78, 5) is 13.3. The summed E-state index contributed by atoms with van der Waals surface area (Å²) in [6.45, 7) is 6.08. The number of ether oxygens (including phenoxy) is 1. The highest BCUT2D eigenvalue weighted by Gasteiger charge is 2.32. The second-order valence-electron chi connectivity index (χ2n) is 6.99. The molecule has 0 radical (unpaired) electrons. The van der Waals surface area contributed by atoms with Crippen LogP contribution >= 0.6 is 0 Å². The van der Waals surface area contributed by atoms with E-state index in [1.807, 2.05) is 4.90 Å². The number of sulfonamides is 1. The molecule has 1 N–H and O–H groups in total. The molecule has 0 aromatic heterocycles. The lowest BCUT2D eigenvalue weighted by Gasteiger charge is -2.32. The number of carbonyl (C=O) groups excluding carboxylic acids is 1. The molecule has 0 aliphatic carbocycles. The van der Waals surface area contributed by atoms with E-state index in [0.29, 0.717) is 35.1 Å². The van der Waals surface area contributed by atoms with Crippen LogP contribution in [-0.2, 0) is 14.8 Å². The summed E-state index contributed by atoms with van der Waals surface area (Å²) in [5.41, 5.74) is 1.65. The van der Waals surface area contributed by atoms with Gasteiger partial charge < -0.3 is 15.0 Å². The van der Waals surface area contributed by atoms with Crippen LogP contribution < -0.4 is 15.0 Å². The fraction of sp³-hybridized carbons (Fsp3) is 0.300. The van der Waals surface area contributed by atoms with Crippen molar-refractivity contribution in [2.75, 3.05) is 23.9 Å². The molecule has 2 aromatic carbocycles. The fourth-order valence-electron chi connectivity index (χ4n) is 3.05. The molecule has 148 valence electrons. The maximum Gasteiger partial charge on any atom is 0.286 e. The molecule has 28 heavy (non-hydrogen) atoms. The Hall–Kier alpha value is -2.87. The van der Waals surface area contributed by atoms with Gasteiger partial charge >= 0.3 is 0 Å². The van der Waals surface area contributed by atoms with E-state index in [-0.39, 0.29) is 16.7 Å². The highest BCUT2D eigenvalue weighted by Crippen LogP contribution is 2.36. The highest BCUT2D eigenvalue weighted by molar-refractivity contribution is 7.90. The van der Waals surface area contributed by atoms with Crippen molar-refractivity contribution in [1.82, 2.24) is 0 Å². The van der Waals surface area contributed by atoms with Crippen molar-refractivity contribution in [2.45, 2.75) is 25.7 Å². The number of anilines is 2. The van der Waals surface area contributed by atoms with Crippen molar-refractivity contribution in [3.63, 3.8) is 0 Å². The molecule has 1 amide bonds. The molecular weight excluding hydrogens is 378 g/mol. The summed E-state index contributed by atoms with van der Waals surface area (Å²) in [6.07, 6.45) is 0. The number of hydrogen-bond acceptors (Lipinski definition) is 5. The molecule has 0 fully saturated rings. The highest BCUT2D eigenvalue weighted by atomic mass is 32.2. The molecule has 0 unspecified atom stereocenters. The molecule has 1 aliphatic heterocycles. The number of amidine groups is 1. The van der Waals surface area contributed by atoms with E-state index in [1.54, 1.807) is 43.5 Å². The van der Waals surface area contributed by atoms with Crippen LogP contribution in [0.2, 0.25) is 0 Å². The van der Waals surface area contributed by atoms with Gasteiger partial charge in [0, 0.05) is 24.7 Å². The summed E-state index contributed by atoms with van der Waals surface area (Å²) >= 11 is 0. The van der Waals surface area contributed by atoms with E-state index in [4.69, 9.17) is 4.74 Å². The molecule has 0 atom stereocenters. The molecule has 0 saturated heterocycles. The van der Waals surface area contributed by atoms with Crippen molar-refractivity contribution in [3.05, 3.63) is 48.0 Å². The van der Waals surface area contributed by atoms with Crippen LogP contribution in [-0.4, -0.2) is 33.8 Å². The van der Waals surface area contributed by atoms with Gasteiger partial charge in [-0.3, -0.25) is 4.79 Å². The van der Waals surface area contributed by atoms with E-state index >= 15 is 0 Å². The van der Waals surface area contributed by atoms with Crippen molar-refractivity contribution >= 4 is 33.1 Å². The normalized spacial score (nSPS) is 15.0. The van der Waals surface area contributed by atoms with Gasteiger partial charge in [0.05, 0.1) is 12.8 Å². The number of amides is 1. The first-order valence-electron chi connectivity index (χ1n) is 8.90. The second-order valence-corrected chi connectivity index (χ2v) is 8.56. The maximum atomic E-state index is 12.9. The Kier molecular flexibility index (Phi) is 5.42. The van der Waals surface area contributed by atoms with Crippen LogP contribution in [0.5, 0.6) is 5.75 Å². The maximum absolute atomic E-state index is 12.9. The molecule has 0 saturated carbocycles. The zero-order chi connectivity index (χ0) is 20.5. The summed E-state index contributed by atoms with van der Waals surface area (Å²) in [5, 5.41) is 2.62. The smallest absolute Gasteiger partial charge is 0.286 e. The lowest BCUT2D eigenvalue weighted by Crippen LogP contribution is -2.39. The zero-order valence-corrected chi connectivity index (χ0v) is 17.1. The Morgan fingerprint density at radius 2 is 1.86 bits per heavy atom. The Labute approximate surface area is 165 Å². The van der Waals surface area contributed by atoms with Gasteiger partial charge in [-0.25, -0.2) is 0 Å². The topological polar surface area (TPSA) is 88.1 Å². The summed E-state index contributed by atoms with van der Waals surface area (Å²) < 4.78 is 35.1. The standard InChI is InChI=1S/C20H23N3O4S/c1-13(2)12-23-18-10-7-16(21-14(3)24)11-19(18)28(25,26)22-20(23)15-5-8-17(27-4)9-6-15/h5-11,13H,12H2,1-4H3,(H,21,24). The van der Waals surface area contributed by atoms with E-state index in [9.17, 15) is 13.2 Å². The molecule has 7 nitrogen and oxygen atoms in total. The SMILES string of the molecule is COc1ccc(C2=NS(=O)(=O)c3cc(NC(C)=O)ccc3N2CC(C)C)cc1. The van der Waals surface area contributed by atoms with Gasteiger partial charge in [0.15, 0.2) is 5.84 Å².